The third kappa shape index (κ3) is 29.5. The fraction of sp³-hybridized carbons (Fsp3) is 0.527. The molecule has 135 heavy (non-hydrogen) atoms. The Morgan fingerprint density at radius 2 is 1.15 bits per heavy atom. The monoisotopic (exact) mass is 1910 g/mol. The normalized spacial score (nSPS) is 24.8. The van der Waals surface area contributed by atoms with Gasteiger partial charge in [-0.2, -0.15) is 0 Å². The van der Waals surface area contributed by atoms with Crippen LogP contribution in [0.2, 0.25) is 0 Å². The van der Waals surface area contributed by atoms with Crippen LogP contribution < -0.4 is 70.4 Å². The third-order valence-electron chi connectivity index (χ3n) is 24.1. The molecule has 3 aromatic carbocycles. The van der Waals surface area contributed by atoms with Crippen molar-refractivity contribution in [2.75, 3.05) is 58.8 Å². The van der Waals surface area contributed by atoms with Gasteiger partial charge >= 0.3 is 5.97 Å². The highest BCUT2D eigenvalue weighted by Crippen LogP contribution is 2.30. The smallest absolute Gasteiger partial charge is 0.303 e. The number of primary amides is 2. The maximum absolute atomic E-state index is 15.8. The topological polar surface area (TPSA) is 627 Å². The lowest BCUT2D eigenvalue weighted by molar-refractivity contribution is -0.149. The van der Waals surface area contributed by atoms with Gasteiger partial charge in [-0.05, 0) is 116 Å². The molecule has 0 radical (unpaired) electrons. The number of unbranched alkanes of at least 4 members (excludes halogenated alkanes) is 2. The number of carbonyl (C=O) groups is 18. The highest BCUT2D eigenvalue weighted by Gasteiger charge is 2.47. The number of hydrogen-bond acceptors (Lipinski definition) is 24. The van der Waals surface area contributed by atoms with Crippen LogP contribution in [-0.2, 0) is 112 Å². The Balaban J connectivity index is 1.11. The van der Waals surface area contributed by atoms with Crippen molar-refractivity contribution in [1.82, 2.24) is 92.6 Å². The number of hydrogen-bond donors (Lipinski definition) is 18. The van der Waals surface area contributed by atoms with Crippen molar-refractivity contribution in [3.63, 3.8) is 0 Å². The molecule has 6 heterocycles. The van der Waals surface area contributed by atoms with Crippen LogP contribution in [0.3, 0.4) is 0 Å². The van der Waals surface area contributed by atoms with Crippen molar-refractivity contribution in [3.8, 4) is 5.75 Å². The number of phenolic OH excluding ortho intramolecular Hbond substituents is 1. The molecule has 732 valence electrons. The van der Waals surface area contributed by atoms with Crippen molar-refractivity contribution < 1.29 is 102 Å². The maximum atomic E-state index is 15.8. The van der Waals surface area contributed by atoms with Gasteiger partial charge in [-0.1, -0.05) is 102 Å². The summed E-state index contributed by atoms with van der Waals surface area (Å²) in [5.41, 5.74) is 19.7. The van der Waals surface area contributed by atoms with Crippen LogP contribution in [-0.4, -0.2) is 311 Å². The number of aliphatic carboxylic acids is 1. The van der Waals surface area contributed by atoms with Gasteiger partial charge in [0.05, 0.1) is 36.8 Å². The Kier molecular flexibility index (Phi) is 39.3. The number of nitrogens with zero attached hydrogens (tertiary/aromatic N) is 6. The number of carbonyl (C=O) groups excluding carboxylic acids is 17. The zero-order valence-electron chi connectivity index (χ0n) is 76.9. The van der Waals surface area contributed by atoms with E-state index in [0.29, 0.717) is 53.3 Å². The second kappa shape index (κ2) is 50.3. The van der Waals surface area contributed by atoms with Crippen LogP contribution in [0.4, 0.5) is 0 Å². The number of H-pyrrole nitrogens is 2. The number of amides is 17. The minimum atomic E-state index is -1.84. The lowest BCUT2D eigenvalue weighted by Crippen LogP contribution is -2.61. The zero-order chi connectivity index (χ0) is 98.6. The van der Waals surface area contributed by atoms with Crippen LogP contribution in [0.1, 0.15) is 147 Å². The van der Waals surface area contributed by atoms with Crippen LogP contribution >= 0.6 is 23.1 Å². The number of rotatable bonds is 26. The predicted octanol–water partition coefficient (Wildman–Crippen LogP) is -1.24. The number of para-hydroxylation sites is 1. The van der Waals surface area contributed by atoms with E-state index >= 15 is 38.4 Å². The molecular weight excluding hydrogens is 1790 g/mol. The molecule has 3 aliphatic rings. The molecule has 0 aliphatic carbocycles. The van der Waals surface area contributed by atoms with Crippen molar-refractivity contribution in [3.05, 3.63) is 119 Å². The summed E-state index contributed by atoms with van der Waals surface area (Å²) in [4.78, 5) is 278. The SMILES string of the molecule is CCCC[C@H]1C(=O)N(C)[C@@H](CCCC)C(=O)N[C@@H](CC(C)C)C(=O)N[C@H](C(=O)NCC(N)=O)CSCC(=O)N[C@@H](Cc2ccc(O)cc2)C(=O)N(C)[C@@H](C)C(=O)N[C@@H](CC(N)=O)C(=O)N2CCC[C@H]2C(=O)N[C@@H](Cc2c[nH]cn2)C(=O)N[C@@H](CCC(=O)O)C(=O)N2C[C@H](O)C[C@H]2C(=O)N[C@@H](Cc2c[nH]c3ccccc23)C(=O)N[C@@H](CCN)C(=O)N[C@@H](Cc2csc3ccccc23)C(=O)N1C. The van der Waals surface area contributed by atoms with Gasteiger partial charge in [-0.25, -0.2) is 4.98 Å². The minimum Gasteiger partial charge on any atom is -0.508 e. The number of imidazole rings is 1. The first kappa shape index (κ1) is 106. The molecular formula is C91H125N21O21S2. The number of aromatic nitrogens is 3. The molecule has 3 saturated heterocycles. The first-order valence-electron chi connectivity index (χ1n) is 45.2. The van der Waals surface area contributed by atoms with Gasteiger partial charge < -0.3 is 120 Å². The first-order valence-corrected chi connectivity index (χ1v) is 47.2. The van der Waals surface area contributed by atoms with Crippen LogP contribution in [0, 0.1) is 5.92 Å². The molecule has 15 atom stereocenters. The quantitative estimate of drug-likeness (QED) is 0.0302. The van der Waals surface area contributed by atoms with E-state index in [-0.39, 0.29) is 88.2 Å². The van der Waals surface area contributed by atoms with E-state index in [4.69, 9.17) is 17.2 Å². The Hall–Kier alpha value is -13.1. The van der Waals surface area contributed by atoms with E-state index in [0.717, 1.165) is 36.5 Å². The number of phenols is 1. The Morgan fingerprint density at radius 3 is 1.80 bits per heavy atom. The van der Waals surface area contributed by atoms with Gasteiger partial charge in [0, 0.05) is 107 Å². The summed E-state index contributed by atoms with van der Waals surface area (Å²) in [7, 11) is 3.98. The second-order valence-corrected chi connectivity index (χ2v) is 36.6. The molecule has 3 fully saturated rings. The number of aliphatic hydroxyl groups is 1. The number of nitrogens with two attached hydrogens (primary N) is 3. The van der Waals surface area contributed by atoms with Gasteiger partial charge in [0.2, 0.25) is 100 Å². The Bertz CT molecular complexity index is 5230. The fourth-order valence-electron chi connectivity index (χ4n) is 16.7. The number of carboxylic acids is 1. The number of aromatic hydroxyl groups is 1. The summed E-state index contributed by atoms with van der Waals surface area (Å²) in [6.07, 6.45) is 0.442. The number of aromatic amines is 2. The van der Waals surface area contributed by atoms with Gasteiger partial charge in [0.1, 0.15) is 90.3 Å². The van der Waals surface area contributed by atoms with Crippen LogP contribution in [0.25, 0.3) is 21.0 Å². The number of fused-ring (bicyclic) bond motifs is 4. The van der Waals surface area contributed by atoms with Crippen molar-refractivity contribution in [2.45, 2.75) is 241 Å². The van der Waals surface area contributed by atoms with E-state index < -0.39 is 254 Å². The molecule has 0 bridgehead atoms. The largest absolute Gasteiger partial charge is 0.508 e. The first-order chi connectivity index (χ1) is 64.3. The van der Waals surface area contributed by atoms with Gasteiger partial charge in [-0.3, -0.25) is 86.3 Å². The van der Waals surface area contributed by atoms with Gasteiger partial charge in [0.15, 0.2) is 0 Å². The van der Waals surface area contributed by atoms with Gasteiger partial charge in [-0.15, -0.1) is 23.1 Å². The van der Waals surface area contributed by atoms with Crippen molar-refractivity contribution in [2.24, 2.45) is 23.1 Å². The molecule has 3 aromatic heterocycles. The Labute approximate surface area is 788 Å². The summed E-state index contributed by atoms with van der Waals surface area (Å²) in [5, 5.41) is 61.5. The molecule has 42 nitrogen and oxygen atoms in total. The summed E-state index contributed by atoms with van der Waals surface area (Å²) in [5.74, 6) is -18.9. The maximum Gasteiger partial charge on any atom is 0.303 e. The highest BCUT2D eigenvalue weighted by atomic mass is 32.2. The number of nitrogens with one attached hydrogen (secondary N) is 12. The highest BCUT2D eigenvalue weighted by molar-refractivity contribution is 8.00. The Morgan fingerprint density at radius 1 is 0.570 bits per heavy atom. The van der Waals surface area contributed by atoms with E-state index in [2.05, 4.69) is 68.1 Å². The molecule has 0 unspecified atom stereocenters. The third-order valence-corrected chi connectivity index (χ3v) is 26.2. The molecule has 9 rings (SSSR count). The molecule has 44 heteroatoms. The average Bonchev–Trinajstić information content (AvgIpc) is 1.56. The van der Waals surface area contributed by atoms with Gasteiger partial charge in [0.25, 0.3) is 0 Å². The zero-order valence-corrected chi connectivity index (χ0v) is 78.5. The summed E-state index contributed by atoms with van der Waals surface area (Å²) in [6.45, 7) is 6.82. The fourth-order valence-corrected chi connectivity index (χ4v) is 18.5. The van der Waals surface area contributed by atoms with Crippen molar-refractivity contribution >= 4 is 150 Å². The second-order valence-electron chi connectivity index (χ2n) is 34.7. The number of aliphatic hydroxyl groups excluding tert-OH is 1. The summed E-state index contributed by atoms with van der Waals surface area (Å²) in [6, 6.07) is -1.99. The van der Waals surface area contributed by atoms with E-state index in [1.807, 2.05) is 37.4 Å². The molecule has 17 amide bonds. The lowest BCUT2D eigenvalue weighted by Gasteiger charge is -2.36. The van der Waals surface area contributed by atoms with Crippen molar-refractivity contribution in [1.29, 1.82) is 0 Å². The van der Waals surface area contributed by atoms with E-state index in [9.17, 15) is 63.3 Å². The number of thiophene rings is 1. The number of thioether (sulfide) groups is 1. The lowest BCUT2D eigenvalue weighted by atomic mass is 9.99. The van der Waals surface area contributed by atoms with E-state index in [1.54, 1.807) is 50.4 Å². The number of carboxylic acid groups (broad SMARTS) is 1. The number of likely N-dealkylation sites (N-methyl/N-ethyl adjacent to an activating group) is 3. The van der Waals surface area contributed by atoms with E-state index in [1.165, 1.54) is 86.0 Å². The molecule has 21 N–H and O–H groups in total. The predicted molar refractivity (Wildman–Crippen MR) is 498 cm³/mol. The molecule has 3 aliphatic heterocycles. The molecule has 0 saturated carbocycles. The number of benzene rings is 3. The summed E-state index contributed by atoms with van der Waals surface area (Å²) >= 11 is 2.16. The molecule has 0 spiro atoms. The van der Waals surface area contributed by atoms with Crippen LogP contribution in [0.15, 0.2) is 96.9 Å². The average molecular weight is 1910 g/mol. The standard InChI is InChI=1S/C91H125N21O21S2/c1-9-11-21-69-84(126)102-62(34-49(3)4)81(123)107-68(79(121)97-43-75(94)116)46-134-47-76(117)99-65(35-51-25-27-55(113)28-26-51)87(129)108(6)50(5)78(120)105-67(40-74(93)115)90(132)111-33-17-23-70(111)85(127)104-64(38-54-42-95-48-98-54)83(125)101-61(29-30-77(118)119)89(131)112-44-56(114)39-72(112)86(128)103-63(36-52-41-96-59-20-15-13-18-57(52)59)82(124)100-60(31-32-92)80(122)106-66(37-53-45-135-73-24-16-14-19-58(53)73)88(130)110(8)71(22-12-10-2)91(133)109(69)7/h13-16,18-20,24-28,41-42,45,48-50,56,60-72,96,113-114H,9-12,17,21-23,29-40,43-44,46-47,92H2,1-8H3,(H2,93,115)(H2,94,116)(H,95,98)(H,97,121)(H,99,117)(H,100,124)(H,101,125)(H,102,126)(H,103,128)(H,104,127)(H,105,120)(H,106,122)(H,107,123)(H,118,119)/t50-,56+,60-,61-,62-,63-,64-,65-,66-,67-,68-,69-,70-,71-,72-/m0/s1. The summed E-state index contributed by atoms with van der Waals surface area (Å²) < 4.78 is 0.831. The van der Waals surface area contributed by atoms with Crippen LogP contribution in [0.5, 0.6) is 5.75 Å². The minimum absolute atomic E-state index is 0.0302. The molecule has 6 aromatic rings.